The quantitative estimate of drug-likeness (QED) is 0.759. The molecular weight excluding hydrogens is 356 g/mol. The summed E-state index contributed by atoms with van der Waals surface area (Å²) < 4.78 is 10.9. The SMILES string of the molecule is COc1cc(C(=O)NNC(=O)Cc2ccccc2)cc(Cl)c1OC(C)C. The van der Waals surface area contributed by atoms with E-state index in [0.717, 1.165) is 5.56 Å². The van der Waals surface area contributed by atoms with Gasteiger partial charge in [0.25, 0.3) is 5.91 Å². The first-order valence-electron chi connectivity index (χ1n) is 8.08. The molecule has 0 unspecified atom stereocenters. The van der Waals surface area contributed by atoms with Crippen molar-refractivity contribution in [1.82, 2.24) is 10.9 Å². The third-order valence-electron chi connectivity index (χ3n) is 3.37. The molecular formula is C19H21ClN2O4. The van der Waals surface area contributed by atoms with Crippen LogP contribution in [0.25, 0.3) is 0 Å². The smallest absolute Gasteiger partial charge is 0.269 e. The number of methoxy groups -OCH3 is 1. The van der Waals surface area contributed by atoms with Gasteiger partial charge in [0.2, 0.25) is 5.91 Å². The van der Waals surface area contributed by atoms with Crippen LogP contribution in [0.1, 0.15) is 29.8 Å². The molecule has 0 saturated heterocycles. The Bertz CT molecular complexity index is 779. The molecule has 0 radical (unpaired) electrons. The summed E-state index contributed by atoms with van der Waals surface area (Å²) in [4.78, 5) is 24.2. The van der Waals surface area contributed by atoms with Crippen molar-refractivity contribution in [3.05, 3.63) is 58.6 Å². The summed E-state index contributed by atoms with van der Waals surface area (Å²) in [5, 5.41) is 0.249. The highest BCUT2D eigenvalue weighted by atomic mass is 35.5. The molecule has 6 nitrogen and oxygen atoms in total. The van der Waals surface area contributed by atoms with Gasteiger partial charge in [0, 0.05) is 5.56 Å². The van der Waals surface area contributed by atoms with Crippen molar-refractivity contribution in [2.45, 2.75) is 26.4 Å². The number of benzene rings is 2. The summed E-state index contributed by atoms with van der Waals surface area (Å²) in [5.41, 5.74) is 5.83. The fourth-order valence-corrected chi connectivity index (χ4v) is 2.48. The number of halogens is 1. The van der Waals surface area contributed by atoms with E-state index in [1.807, 2.05) is 44.2 Å². The third kappa shape index (κ3) is 5.39. The summed E-state index contributed by atoms with van der Waals surface area (Å²) in [6.07, 6.45) is 0.0603. The van der Waals surface area contributed by atoms with Crippen LogP contribution in [-0.2, 0) is 11.2 Å². The Morgan fingerprint density at radius 3 is 2.42 bits per heavy atom. The average molecular weight is 377 g/mol. The number of ether oxygens (including phenoxy) is 2. The zero-order valence-corrected chi connectivity index (χ0v) is 15.6. The molecule has 0 bridgehead atoms. The molecule has 0 aliphatic heterocycles. The lowest BCUT2D eigenvalue weighted by Gasteiger charge is -2.16. The minimum atomic E-state index is -0.511. The van der Waals surface area contributed by atoms with E-state index in [2.05, 4.69) is 10.9 Å². The van der Waals surface area contributed by atoms with Crippen LogP contribution in [0.15, 0.2) is 42.5 Å². The van der Waals surface area contributed by atoms with E-state index in [1.165, 1.54) is 19.2 Å². The molecule has 2 N–H and O–H groups in total. The number of hydrazine groups is 1. The van der Waals surface area contributed by atoms with Gasteiger partial charge in [-0.2, -0.15) is 0 Å². The van der Waals surface area contributed by atoms with Gasteiger partial charge in [-0.1, -0.05) is 41.9 Å². The number of carbonyl (C=O) groups excluding carboxylic acids is 2. The van der Waals surface area contributed by atoms with Crippen LogP contribution < -0.4 is 20.3 Å². The monoisotopic (exact) mass is 376 g/mol. The minimum Gasteiger partial charge on any atom is -0.493 e. The van der Waals surface area contributed by atoms with Gasteiger partial charge in [-0.05, 0) is 31.5 Å². The molecule has 0 aromatic heterocycles. The van der Waals surface area contributed by atoms with Gasteiger partial charge in [0.05, 0.1) is 24.7 Å². The molecule has 0 aliphatic carbocycles. The topological polar surface area (TPSA) is 76.7 Å². The zero-order chi connectivity index (χ0) is 19.1. The van der Waals surface area contributed by atoms with Crippen LogP contribution >= 0.6 is 11.6 Å². The summed E-state index contributed by atoms with van der Waals surface area (Å²) in [5.74, 6) is -0.133. The summed E-state index contributed by atoms with van der Waals surface area (Å²) in [7, 11) is 1.46. The molecule has 2 aromatic rings. The van der Waals surface area contributed by atoms with Crippen LogP contribution in [0, 0.1) is 0 Å². The van der Waals surface area contributed by atoms with Crippen molar-refractivity contribution >= 4 is 23.4 Å². The van der Waals surface area contributed by atoms with Crippen molar-refractivity contribution in [3.8, 4) is 11.5 Å². The number of rotatable bonds is 6. The van der Waals surface area contributed by atoms with Crippen molar-refractivity contribution in [3.63, 3.8) is 0 Å². The van der Waals surface area contributed by atoms with E-state index in [-0.39, 0.29) is 29.0 Å². The first kappa shape index (κ1) is 19.6. The van der Waals surface area contributed by atoms with Crippen LogP contribution in [-0.4, -0.2) is 25.0 Å². The second kappa shape index (κ2) is 9.10. The third-order valence-corrected chi connectivity index (χ3v) is 3.65. The Kier molecular flexibility index (Phi) is 6.86. The molecule has 26 heavy (non-hydrogen) atoms. The van der Waals surface area contributed by atoms with E-state index < -0.39 is 5.91 Å². The maximum atomic E-state index is 12.3. The van der Waals surface area contributed by atoms with Crippen LogP contribution in [0.4, 0.5) is 0 Å². The minimum absolute atomic E-state index is 0.0987. The highest BCUT2D eigenvalue weighted by molar-refractivity contribution is 6.32. The zero-order valence-electron chi connectivity index (χ0n) is 14.8. The Hall–Kier alpha value is -2.73. The van der Waals surface area contributed by atoms with E-state index >= 15 is 0 Å². The fourth-order valence-electron chi connectivity index (χ4n) is 2.23. The Balaban J connectivity index is 2.02. The first-order chi connectivity index (χ1) is 12.4. The van der Waals surface area contributed by atoms with Gasteiger partial charge in [0.1, 0.15) is 0 Å². The molecule has 0 spiro atoms. The normalized spacial score (nSPS) is 10.3. The van der Waals surface area contributed by atoms with Crippen LogP contribution in [0.3, 0.4) is 0 Å². The number of carbonyl (C=O) groups is 2. The summed E-state index contributed by atoms with van der Waals surface area (Å²) >= 11 is 6.20. The molecule has 2 aromatic carbocycles. The Morgan fingerprint density at radius 2 is 1.81 bits per heavy atom. The molecule has 0 saturated carbocycles. The van der Waals surface area contributed by atoms with Gasteiger partial charge in [0.15, 0.2) is 11.5 Å². The van der Waals surface area contributed by atoms with Gasteiger partial charge >= 0.3 is 0 Å². The van der Waals surface area contributed by atoms with Crippen LogP contribution in [0.5, 0.6) is 11.5 Å². The maximum Gasteiger partial charge on any atom is 0.269 e. The Morgan fingerprint density at radius 1 is 1.12 bits per heavy atom. The molecule has 0 atom stereocenters. The van der Waals surface area contributed by atoms with Crippen molar-refractivity contribution in [2.75, 3.05) is 7.11 Å². The predicted molar refractivity (Wildman–Crippen MR) is 99.5 cm³/mol. The lowest BCUT2D eigenvalue weighted by atomic mass is 10.1. The second-order valence-electron chi connectivity index (χ2n) is 5.82. The lowest BCUT2D eigenvalue weighted by Crippen LogP contribution is -2.42. The van der Waals surface area contributed by atoms with Crippen LogP contribution in [0.2, 0.25) is 5.02 Å². The highest BCUT2D eigenvalue weighted by Gasteiger charge is 2.17. The Labute approximate surface area is 157 Å². The fraction of sp³-hybridized carbons (Fsp3) is 0.263. The molecule has 0 heterocycles. The number of nitrogens with one attached hydrogen (secondary N) is 2. The molecule has 0 aliphatic rings. The largest absolute Gasteiger partial charge is 0.493 e. The first-order valence-corrected chi connectivity index (χ1v) is 8.45. The second-order valence-corrected chi connectivity index (χ2v) is 6.23. The lowest BCUT2D eigenvalue weighted by molar-refractivity contribution is -0.121. The molecule has 138 valence electrons. The molecule has 2 amide bonds. The number of hydrogen-bond donors (Lipinski definition) is 2. The van der Waals surface area contributed by atoms with Crippen molar-refractivity contribution in [2.24, 2.45) is 0 Å². The predicted octanol–water partition coefficient (Wildman–Crippen LogP) is 3.14. The molecule has 0 fully saturated rings. The summed E-state index contributed by atoms with van der Waals surface area (Å²) in [6.45, 7) is 3.72. The highest BCUT2D eigenvalue weighted by Crippen LogP contribution is 2.37. The van der Waals surface area contributed by atoms with Crippen molar-refractivity contribution < 1.29 is 19.1 Å². The van der Waals surface area contributed by atoms with Gasteiger partial charge in [-0.25, -0.2) is 0 Å². The molecule has 7 heteroatoms. The average Bonchev–Trinajstić information content (AvgIpc) is 2.61. The van der Waals surface area contributed by atoms with Gasteiger partial charge in [-0.15, -0.1) is 0 Å². The number of hydrogen-bond acceptors (Lipinski definition) is 4. The van der Waals surface area contributed by atoms with E-state index in [1.54, 1.807) is 0 Å². The maximum absolute atomic E-state index is 12.3. The van der Waals surface area contributed by atoms with Crippen molar-refractivity contribution in [1.29, 1.82) is 0 Å². The van der Waals surface area contributed by atoms with E-state index in [9.17, 15) is 9.59 Å². The van der Waals surface area contributed by atoms with Gasteiger partial charge < -0.3 is 9.47 Å². The number of amides is 2. The van der Waals surface area contributed by atoms with E-state index in [0.29, 0.717) is 11.5 Å². The standard InChI is InChI=1S/C19H21ClN2O4/c1-12(2)26-18-15(20)10-14(11-16(18)25-3)19(24)22-21-17(23)9-13-7-5-4-6-8-13/h4-8,10-12H,9H2,1-3H3,(H,21,23)(H,22,24). The van der Waals surface area contributed by atoms with Gasteiger partial charge in [-0.3, -0.25) is 20.4 Å². The summed E-state index contributed by atoms with van der Waals surface area (Å²) in [6, 6.07) is 12.2. The molecule has 2 rings (SSSR count). The van der Waals surface area contributed by atoms with E-state index in [4.69, 9.17) is 21.1 Å².